The average molecular weight is 292 g/mol. The molecule has 0 saturated carbocycles. The van der Waals surface area contributed by atoms with Gasteiger partial charge in [-0.05, 0) is 25.5 Å². The Balaban J connectivity index is 3.48. The van der Waals surface area contributed by atoms with E-state index < -0.39 is 17.9 Å². The van der Waals surface area contributed by atoms with Crippen LogP contribution in [-0.2, 0) is 11.2 Å². The molecule has 6 heteroatoms. The van der Waals surface area contributed by atoms with Crippen LogP contribution in [0.3, 0.4) is 0 Å². The Hall–Kier alpha value is -2.63. The highest BCUT2D eigenvalue weighted by molar-refractivity contribution is 6.03. The van der Waals surface area contributed by atoms with Gasteiger partial charge in [-0.25, -0.2) is 14.4 Å². The van der Waals surface area contributed by atoms with Gasteiger partial charge >= 0.3 is 17.9 Å². The molecule has 0 aromatic heterocycles. The quantitative estimate of drug-likeness (QED) is 0.474. The number of carboxylic acid groups (broad SMARTS) is 2. The summed E-state index contributed by atoms with van der Waals surface area (Å²) in [7, 11) is 0. The van der Waals surface area contributed by atoms with Gasteiger partial charge in [-0.2, -0.15) is 0 Å². The molecule has 0 saturated heterocycles. The average Bonchev–Trinajstić information content (AvgIpc) is 2.39. The molecular formula is C15H16O6. The Morgan fingerprint density at radius 1 is 1.19 bits per heavy atom. The van der Waals surface area contributed by atoms with Crippen molar-refractivity contribution in [2.24, 2.45) is 0 Å². The molecule has 1 aromatic carbocycles. The molecule has 0 unspecified atom stereocenters. The van der Waals surface area contributed by atoms with E-state index in [0.717, 1.165) is 6.07 Å². The van der Waals surface area contributed by atoms with Gasteiger partial charge in [-0.3, -0.25) is 0 Å². The van der Waals surface area contributed by atoms with Crippen molar-refractivity contribution in [3.8, 4) is 5.75 Å². The standard InChI is InChI=1S/C15H16O6/c1-4-5-9-11(21-15(20)8(2)3)7-6-10(13(16)17)12(9)14(18)19/h6-7H,2,4-5H2,1,3H3,(H,16,17)(H,18,19). The van der Waals surface area contributed by atoms with E-state index in [0.29, 0.717) is 6.42 Å². The Labute approximate surface area is 121 Å². The molecule has 6 nitrogen and oxygen atoms in total. The largest absolute Gasteiger partial charge is 0.478 e. The Bertz CT molecular complexity index is 615. The summed E-state index contributed by atoms with van der Waals surface area (Å²) < 4.78 is 5.09. The summed E-state index contributed by atoms with van der Waals surface area (Å²) in [6.45, 7) is 6.72. The van der Waals surface area contributed by atoms with E-state index in [9.17, 15) is 19.5 Å². The first-order valence-electron chi connectivity index (χ1n) is 6.29. The first-order chi connectivity index (χ1) is 9.79. The number of carboxylic acids is 2. The van der Waals surface area contributed by atoms with Crippen molar-refractivity contribution < 1.29 is 29.3 Å². The zero-order chi connectivity index (χ0) is 16.2. The molecule has 2 N–H and O–H groups in total. The number of hydrogen-bond donors (Lipinski definition) is 2. The van der Waals surface area contributed by atoms with Crippen molar-refractivity contribution in [1.82, 2.24) is 0 Å². The Morgan fingerprint density at radius 3 is 2.24 bits per heavy atom. The van der Waals surface area contributed by atoms with Crippen molar-refractivity contribution in [3.63, 3.8) is 0 Å². The zero-order valence-corrected chi connectivity index (χ0v) is 11.8. The third-order valence-electron chi connectivity index (χ3n) is 2.77. The van der Waals surface area contributed by atoms with E-state index in [4.69, 9.17) is 9.84 Å². The minimum atomic E-state index is -1.37. The topological polar surface area (TPSA) is 101 Å². The number of carbonyl (C=O) groups is 3. The fourth-order valence-corrected chi connectivity index (χ4v) is 1.83. The predicted octanol–water partition coefficient (Wildman–Crippen LogP) is 2.52. The van der Waals surface area contributed by atoms with Crippen LogP contribution in [0.15, 0.2) is 24.3 Å². The maximum atomic E-state index is 11.6. The second-order valence-electron chi connectivity index (χ2n) is 4.49. The summed E-state index contributed by atoms with van der Waals surface area (Å²) in [5.41, 5.74) is -0.325. The molecule has 0 amide bonds. The SMILES string of the molecule is C=C(C)C(=O)Oc1ccc(C(=O)O)c(C(=O)O)c1CCC. The third kappa shape index (κ3) is 3.68. The summed E-state index contributed by atoms with van der Waals surface area (Å²) in [5.74, 6) is -3.36. The van der Waals surface area contributed by atoms with Gasteiger partial charge in [0.25, 0.3) is 0 Å². The first-order valence-corrected chi connectivity index (χ1v) is 6.29. The summed E-state index contributed by atoms with van der Waals surface area (Å²) in [6.07, 6.45) is 0.850. The van der Waals surface area contributed by atoms with Crippen LogP contribution in [0.4, 0.5) is 0 Å². The van der Waals surface area contributed by atoms with E-state index in [1.165, 1.54) is 13.0 Å². The molecule has 1 rings (SSSR count). The third-order valence-corrected chi connectivity index (χ3v) is 2.77. The minimum absolute atomic E-state index is 0.0484. The van der Waals surface area contributed by atoms with Gasteiger partial charge in [-0.1, -0.05) is 19.9 Å². The highest BCUT2D eigenvalue weighted by atomic mass is 16.5. The lowest BCUT2D eigenvalue weighted by Gasteiger charge is -2.14. The van der Waals surface area contributed by atoms with Crippen molar-refractivity contribution in [3.05, 3.63) is 41.0 Å². The van der Waals surface area contributed by atoms with E-state index in [-0.39, 0.29) is 34.4 Å². The predicted molar refractivity (Wildman–Crippen MR) is 74.8 cm³/mol. The van der Waals surface area contributed by atoms with Crippen LogP contribution in [0.5, 0.6) is 5.75 Å². The van der Waals surface area contributed by atoms with Gasteiger partial charge in [0.2, 0.25) is 0 Å². The lowest BCUT2D eigenvalue weighted by molar-refractivity contribution is -0.130. The summed E-state index contributed by atoms with van der Waals surface area (Å²) in [6, 6.07) is 2.41. The van der Waals surface area contributed by atoms with Crippen LogP contribution in [0, 0.1) is 0 Å². The Morgan fingerprint density at radius 2 is 1.81 bits per heavy atom. The van der Waals surface area contributed by atoms with Crippen LogP contribution >= 0.6 is 0 Å². The molecule has 1 aromatic rings. The molecule has 0 fully saturated rings. The molecule has 112 valence electrons. The normalized spacial score (nSPS) is 10.0. The molecule has 0 radical (unpaired) electrons. The monoisotopic (exact) mass is 292 g/mol. The zero-order valence-electron chi connectivity index (χ0n) is 11.8. The lowest BCUT2D eigenvalue weighted by Crippen LogP contribution is -2.15. The van der Waals surface area contributed by atoms with Gasteiger partial charge in [0.1, 0.15) is 5.75 Å². The number of ether oxygens (including phenoxy) is 1. The molecule has 0 heterocycles. The van der Waals surface area contributed by atoms with Gasteiger partial charge < -0.3 is 14.9 Å². The smallest absolute Gasteiger partial charge is 0.338 e. The summed E-state index contributed by atoms with van der Waals surface area (Å²) in [4.78, 5) is 34.1. The van der Waals surface area contributed by atoms with Crippen LogP contribution in [0.25, 0.3) is 0 Å². The van der Waals surface area contributed by atoms with Gasteiger partial charge in [0.05, 0.1) is 11.1 Å². The van der Waals surface area contributed by atoms with E-state index in [1.807, 2.05) is 6.92 Å². The molecule has 0 spiro atoms. The fraction of sp³-hybridized carbons (Fsp3) is 0.267. The molecule has 21 heavy (non-hydrogen) atoms. The second-order valence-corrected chi connectivity index (χ2v) is 4.49. The number of hydrogen-bond acceptors (Lipinski definition) is 4. The number of esters is 1. The van der Waals surface area contributed by atoms with E-state index in [1.54, 1.807) is 0 Å². The highest BCUT2D eigenvalue weighted by Crippen LogP contribution is 2.28. The molecule has 0 aliphatic heterocycles. The first kappa shape index (κ1) is 16.4. The molecule has 0 bridgehead atoms. The fourth-order valence-electron chi connectivity index (χ4n) is 1.83. The summed E-state index contributed by atoms with van der Waals surface area (Å²) in [5, 5.41) is 18.4. The number of aromatic carboxylic acids is 2. The molecule has 0 aliphatic carbocycles. The second kappa shape index (κ2) is 6.69. The maximum absolute atomic E-state index is 11.6. The molecule has 0 atom stereocenters. The number of benzene rings is 1. The van der Waals surface area contributed by atoms with Gasteiger partial charge in [0.15, 0.2) is 0 Å². The number of rotatable bonds is 6. The van der Waals surface area contributed by atoms with E-state index >= 15 is 0 Å². The van der Waals surface area contributed by atoms with Crippen molar-refractivity contribution in [1.29, 1.82) is 0 Å². The number of carbonyl (C=O) groups excluding carboxylic acids is 1. The van der Waals surface area contributed by atoms with Crippen molar-refractivity contribution in [2.75, 3.05) is 0 Å². The van der Waals surface area contributed by atoms with Crippen LogP contribution in [0.1, 0.15) is 46.5 Å². The maximum Gasteiger partial charge on any atom is 0.338 e. The van der Waals surface area contributed by atoms with Crippen molar-refractivity contribution >= 4 is 17.9 Å². The molecular weight excluding hydrogens is 276 g/mol. The van der Waals surface area contributed by atoms with Crippen molar-refractivity contribution in [2.45, 2.75) is 26.7 Å². The van der Waals surface area contributed by atoms with Crippen LogP contribution in [-0.4, -0.2) is 28.1 Å². The van der Waals surface area contributed by atoms with E-state index in [2.05, 4.69) is 6.58 Å². The van der Waals surface area contributed by atoms with Gasteiger partial charge in [-0.15, -0.1) is 0 Å². The molecule has 0 aliphatic rings. The van der Waals surface area contributed by atoms with Crippen LogP contribution < -0.4 is 4.74 Å². The lowest BCUT2D eigenvalue weighted by atomic mass is 9.96. The minimum Gasteiger partial charge on any atom is -0.478 e. The van der Waals surface area contributed by atoms with Gasteiger partial charge in [0, 0.05) is 11.1 Å². The van der Waals surface area contributed by atoms with Crippen LogP contribution in [0.2, 0.25) is 0 Å². The Kier molecular flexibility index (Phi) is 5.24. The highest BCUT2D eigenvalue weighted by Gasteiger charge is 2.24. The summed E-state index contributed by atoms with van der Waals surface area (Å²) >= 11 is 0.